The zero-order chi connectivity index (χ0) is 17.6. The summed E-state index contributed by atoms with van der Waals surface area (Å²) >= 11 is 0. The third-order valence-corrected chi connectivity index (χ3v) is 5.57. The Morgan fingerprint density at radius 3 is 2.62 bits per heavy atom. The van der Waals surface area contributed by atoms with Gasteiger partial charge in [-0.25, -0.2) is 13.1 Å². The highest BCUT2D eigenvalue weighted by molar-refractivity contribution is 7.89. The van der Waals surface area contributed by atoms with Crippen LogP contribution in [0.5, 0.6) is 0 Å². The van der Waals surface area contributed by atoms with E-state index in [0.29, 0.717) is 19.1 Å². The molecule has 136 valence electrons. The van der Waals surface area contributed by atoms with Gasteiger partial charge in [-0.1, -0.05) is 32.0 Å². The van der Waals surface area contributed by atoms with Crippen molar-refractivity contribution in [3.63, 3.8) is 0 Å². The van der Waals surface area contributed by atoms with Gasteiger partial charge in [0, 0.05) is 19.7 Å². The van der Waals surface area contributed by atoms with E-state index in [0.717, 1.165) is 12.8 Å². The van der Waals surface area contributed by atoms with Crippen LogP contribution in [0.3, 0.4) is 0 Å². The summed E-state index contributed by atoms with van der Waals surface area (Å²) in [5.74, 6) is 0.383. The van der Waals surface area contributed by atoms with Gasteiger partial charge in [0.05, 0.1) is 17.5 Å². The molecule has 2 rings (SSSR count). The smallest absolute Gasteiger partial charge is 0.240 e. The topological polar surface area (TPSA) is 76.7 Å². The fourth-order valence-corrected chi connectivity index (χ4v) is 4.19. The molecule has 1 aliphatic heterocycles. The van der Waals surface area contributed by atoms with Crippen LogP contribution in [0.2, 0.25) is 0 Å². The highest BCUT2D eigenvalue weighted by atomic mass is 32.2. The molecule has 1 aromatic rings. The van der Waals surface area contributed by atoms with E-state index in [4.69, 9.17) is 9.47 Å². The van der Waals surface area contributed by atoms with Crippen LogP contribution in [0.25, 0.3) is 0 Å². The minimum atomic E-state index is -3.52. The molecule has 0 aromatic heterocycles. The van der Waals surface area contributed by atoms with Gasteiger partial charge in [-0.05, 0) is 30.9 Å². The maximum Gasteiger partial charge on any atom is 0.240 e. The Kier molecular flexibility index (Phi) is 7.18. The molecule has 0 radical (unpaired) electrons. The number of sulfonamides is 1. The van der Waals surface area contributed by atoms with E-state index in [1.165, 1.54) is 0 Å². The van der Waals surface area contributed by atoms with Crippen molar-refractivity contribution in [3.8, 4) is 0 Å². The minimum Gasteiger partial charge on any atom is -0.354 e. The van der Waals surface area contributed by atoms with Gasteiger partial charge in [-0.3, -0.25) is 0 Å². The molecular weight excluding hydrogens is 328 g/mol. The van der Waals surface area contributed by atoms with Gasteiger partial charge < -0.3 is 14.8 Å². The Morgan fingerprint density at radius 2 is 2.00 bits per heavy atom. The molecule has 0 spiro atoms. The van der Waals surface area contributed by atoms with E-state index in [1.54, 1.807) is 37.4 Å². The highest BCUT2D eigenvalue weighted by Crippen LogP contribution is 2.15. The first-order valence-corrected chi connectivity index (χ1v) is 9.86. The summed E-state index contributed by atoms with van der Waals surface area (Å²) in [6.07, 6.45) is 1.35. The second kappa shape index (κ2) is 8.92. The zero-order valence-corrected chi connectivity index (χ0v) is 15.4. The monoisotopic (exact) mass is 356 g/mol. The normalized spacial score (nSPS) is 22.8. The van der Waals surface area contributed by atoms with Crippen LogP contribution in [-0.4, -0.2) is 47.1 Å². The summed E-state index contributed by atoms with van der Waals surface area (Å²) in [4.78, 5) is 0.290. The molecular formula is C17H28N2O4S. The number of rotatable bonds is 9. The molecule has 7 heteroatoms. The summed E-state index contributed by atoms with van der Waals surface area (Å²) in [5.41, 5.74) is 0. The lowest BCUT2D eigenvalue weighted by atomic mass is 10.0. The van der Waals surface area contributed by atoms with Crippen LogP contribution in [0, 0.1) is 5.92 Å². The highest BCUT2D eigenvalue weighted by Gasteiger charge is 2.29. The summed E-state index contributed by atoms with van der Waals surface area (Å²) in [6, 6.07) is 8.37. The van der Waals surface area contributed by atoms with Gasteiger partial charge in [0.15, 0.2) is 6.29 Å². The zero-order valence-electron chi connectivity index (χ0n) is 14.6. The Hall–Kier alpha value is -0.990. The second-order valence-electron chi connectivity index (χ2n) is 6.54. The molecule has 0 amide bonds. The molecule has 1 unspecified atom stereocenters. The molecule has 6 nitrogen and oxygen atoms in total. The Bertz CT molecular complexity index is 592. The SMILES string of the molecule is COC1OCC[C@@H]1NC[C@@H](CC(C)C)NS(=O)(=O)c1ccccc1. The van der Waals surface area contributed by atoms with E-state index in [-0.39, 0.29) is 23.3 Å². The molecule has 24 heavy (non-hydrogen) atoms. The number of hydrogen-bond acceptors (Lipinski definition) is 5. The van der Waals surface area contributed by atoms with E-state index in [9.17, 15) is 8.42 Å². The van der Waals surface area contributed by atoms with E-state index in [1.807, 2.05) is 0 Å². The summed E-state index contributed by atoms with van der Waals surface area (Å²) in [6.45, 7) is 5.36. The van der Waals surface area contributed by atoms with Gasteiger partial charge in [0.25, 0.3) is 0 Å². The molecule has 3 atom stereocenters. The van der Waals surface area contributed by atoms with Crippen molar-refractivity contribution in [2.45, 2.75) is 50.0 Å². The third-order valence-electron chi connectivity index (χ3n) is 4.03. The fraction of sp³-hybridized carbons (Fsp3) is 0.647. The average Bonchev–Trinajstić information content (AvgIpc) is 3.00. The van der Waals surface area contributed by atoms with Crippen molar-refractivity contribution in [2.24, 2.45) is 5.92 Å². The largest absolute Gasteiger partial charge is 0.354 e. The molecule has 1 heterocycles. The maximum absolute atomic E-state index is 12.6. The summed E-state index contributed by atoms with van der Waals surface area (Å²) in [5, 5.41) is 3.39. The van der Waals surface area contributed by atoms with Gasteiger partial charge in [-0.2, -0.15) is 0 Å². The minimum absolute atomic E-state index is 0.0888. The molecule has 0 bridgehead atoms. The van der Waals surface area contributed by atoms with E-state index >= 15 is 0 Å². The molecule has 1 fully saturated rings. The van der Waals surface area contributed by atoms with Gasteiger partial charge >= 0.3 is 0 Å². The number of ether oxygens (including phenoxy) is 2. The number of nitrogens with one attached hydrogen (secondary N) is 2. The number of benzene rings is 1. The van der Waals surface area contributed by atoms with Crippen molar-refractivity contribution >= 4 is 10.0 Å². The standard InChI is InChI=1S/C17H28N2O4S/c1-13(2)11-14(12-18-16-9-10-23-17(16)22-3)19-24(20,21)15-7-5-4-6-8-15/h4-8,13-14,16-19H,9-12H2,1-3H3/t14-,16+,17?/m1/s1. The van der Waals surface area contributed by atoms with Crippen LogP contribution in [0.4, 0.5) is 0 Å². The van der Waals surface area contributed by atoms with Crippen LogP contribution in [0.15, 0.2) is 35.2 Å². The number of hydrogen-bond donors (Lipinski definition) is 2. The first-order valence-electron chi connectivity index (χ1n) is 8.37. The van der Waals surface area contributed by atoms with E-state index < -0.39 is 10.0 Å². The Balaban J connectivity index is 2.00. The van der Waals surface area contributed by atoms with E-state index in [2.05, 4.69) is 23.9 Å². The lowest BCUT2D eigenvalue weighted by molar-refractivity contribution is -0.0997. The molecule has 1 aliphatic rings. The maximum atomic E-state index is 12.6. The van der Waals surface area contributed by atoms with Crippen LogP contribution < -0.4 is 10.0 Å². The molecule has 1 aromatic carbocycles. The van der Waals surface area contributed by atoms with Crippen LogP contribution >= 0.6 is 0 Å². The van der Waals surface area contributed by atoms with Gasteiger partial charge in [-0.15, -0.1) is 0 Å². The second-order valence-corrected chi connectivity index (χ2v) is 8.25. The molecule has 0 aliphatic carbocycles. The van der Waals surface area contributed by atoms with Crippen molar-refractivity contribution in [1.82, 2.24) is 10.0 Å². The van der Waals surface area contributed by atoms with Gasteiger partial charge in [0.1, 0.15) is 0 Å². The predicted octanol–water partition coefficient (Wildman–Crippen LogP) is 1.73. The number of methoxy groups -OCH3 is 1. The van der Waals surface area contributed by atoms with Gasteiger partial charge in [0.2, 0.25) is 10.0 Å². The van der Waals surface area contributed by atoms with Crippen molar-refractivity contribution < 1.29 is 17.9 Å². The first-order chi connectivity index (χ1) is 11.4. The Labute approximate surface area is 145 Å². The lowest BCUT2D eigenvalue weighted by Crippen LogP contribution is -2.47. The quantitative estimate of drug-likeness (QED) is 0.705. The van der Waals surface area contributed by atoms with Crippen molar-refractivity contribution in [3.05, 3.63) is 30.3 Å². The van der Waals surface area contributed by atoms with Crippen molar-refractivity contribution in [2.75, 3.05) is 20.3 Å². The van der Waals surface area contributed by atoms with Crippen molar-refractivity contribution in [1.29, 1.82) is 0 Å². The first kappa shape index (κ1) is 19.3. The van der Waals surface area contributed by atoms with Crippen LogP contribution in [0.1, 0.15) is 26.7 Å². The Morgan fingerprint density at radius 1 is 1.29 bits per heavy atom. The summed E-state index contributed by atoms with van der Waals surface area (Å²) < 4.78 is 38.7. The third kappa shape index (κ3) is 5.53. The lowest BCUT2D eigenvalue weighted by Gasteiger charge is -2.24. The average molecular weight is 356 g/mol. The fourth-order valence-electron chi connectivity index (χ4n) is 2.92. The molecule has 0 saturated carbocycles. The molecule has 2 N–H and O–H groups in total. The predicted molar refractivity (Wildman–Crippen MR) is 93.2 cm³/mol. The van der Waals surface area contributed by atoms with Crippen LogP contribution in [-0.2, 0) is 19.5 Å². The summed E-state index contributed by atoms with van der Waals surface area (Å²) in [7, 11) is -1.90. The molecule has 1 saturated heterocycles.